The highest BCUT2D eigenvalue weighted by atomic mass is 32.1. The Hall–Kier alpha value is -1.60. The molecule has 0 aromatic carbocycles. The van der Waals surface area contributed by atoms with Crippen molar-refractivity contribution in [2.75, 3.05) is 26.2 Å². The van der Waals surface area contributed by atoms with Crippen LogP contribution in [0.5, 0.6) is 0 Å². The first kappa shape index (κ1) is 19.2. The molecule has 3 heterocycles. The fourth-order valence-electron chi connectivity index (χ4n) is 3.53. The molecule has 1 fully saturated rings. The van der Waals surface area contributed by atoms with E-state index >= 15 is 0 Å². The smallest absolute Gasteiger partial charge is 0.169 e. The van der Waals surface area contributed by atoms with E-state index in [9.17, 15) is 9.90 Å². The largest absolute Gasteiger partial charge is 0.396 e. The van der Waals surface area contributed by atoms with E-state index < -0.39 is 0 Å². The lowest BCUT2D eigenvalue weighted by Gasteiger charge is -2.41. The van der Waals surface area contributed by atoms with Gasteiger partial charge in [0.15, 0.2) is 5.78 Å². The van der Waals surface area contributed by atoms with Crippen molar-refractivity contribution in [3.63, 3.8) is 0 Å². The highest BCUT2D eigenvalue weighted by molar-refractivity contribution is 7.12. The van der Waals surface area contributed by atoms with Crippen LogP contribution in [0.3, 0.4) is 0 Å². The first-order chi connectivity index (χ1) is 12.5. The van der Waals surface area contributed by atoms with Gasteiger partial charge in [-0.15, -0.1) is 11.3 Å². The Labute approximate surface area is 159 Å². The van der Waals surface area contributed by atoms with E-state index in [2.05, 4.69) is 32.3 Å². The number of aliphatic hydroxyl groups is 1. The van der Waals surface area contributed by atoms with E-state index in [1.165, 1.54) is 16.9 Å². The molecule has 5 nitrogen and oxygen atoms in total. The van der Waals surface area contributed by atoms with Gasteiger partial charge in [-0.2, -0.15) is 0 Å². The standard InChI is InChI=1S/C20H27N3O2S/c1-15-4-3-5-18(21-15)12-23-8-7-22(13-19(23)6-9-24)11-17-10-20(16(2)25)26-14-17/h3-5,10,14,19,24H,6-9,11-13H2,1-2H3. The van der Waals surface area contributed by atoms with Crippen molar-refractivity contribution >= 4 is 17.1 Å². The van der Waals surface area contributed by atoms with Gasteiger partial charge in [-0.05, 0) is 49.4 Å². The van der Waals surface area contributed by atoms with Crippen LogP contribution < -0.4 is 0 Å². The number of thiophene rings is 1. The monoisotopic (exact) mass is 373 g/mol. The number of Topliss-reactive ketones (excluding diaryl/α,β-unsaturated/α-hetero) is 1. The van der Waals surface area contributed by atoms with E-state index in [1.54, 1.807) is 6.92 Å². The summed E-state index contributed by atoms with van der Waals surface area (Å²) in [5.41, 5.74) is 3.33. The Morgan fingerprint density at radius 2 is 2.19 bits per heavy atom. The molecule has 26 heavy (non-hydrogen) atoms. The molecule has 1 atom stereocenters. The zero-order valence-electron chi connectivity index (χ0n) is 15.5. The topological polar surface area (TPSA) is 56.7 Å². The molecule has 1 unspecified atom stereocenters. The molecule has 2 aromatic rings. The van der Waals surface area contributed by atoms with Gasteiger partial charge in [0.2, 0.25) is 0 Å². The van der Waals surface area contributed by atoms with Gasteiger partial charge in [0.1, 0.15) is 0 Å². The van der Waals surface area contributed by atoms with Crippen LogP contribution in [0, 0.1) is 6.92 Å². The summed E-state index contributed by atoms with van der Waals surface area (Å²) in [7, 11) is 0. The quantitative estimate of drug-likeness (QED) is 0.757. The number of ketones is 1. The van der Waals surface area contributed by atoms with Crippen LogP contribution in [0.1, 0.15) is 40.0 Å². The molecule has 0 bridgehead atoms. The van der Waals surface area contributed by atoms with Gasteiger partial charge in [0, 0.05) is 51.1 Å². The predicted octanol–water partition coefficient (Wildman–Crippen LogP) is 2.72. The van der Waals surface area contributed by atoms with Crippen molar-refractivity contribution in [1.82, 2.24) is 14.8 Å². The summed E-state index contributed by atoms with van der Waals surface area (Å²) in [5, 5.41) is 11.6. The lowest BCUT2D eigenvalue weighted by molar-refractivity contribution is 0.0492. The zero-order valence-corrected chi connectivity index (χ0v) is 16.3. The maximum absolute atomic E-state index is 11.5. The minimum absolute atomic E-state index is 0.134. The van der Waals surface area contributed by atoms with Gasteiger partial charge in [0.25, 0.3) is 0 Å². The summed E-state index contributed by atoms with van der Waals surface area (Å²) in [5.74, 6) is 0.134. The molecule has 2 aromatic heterocycles. The third kappa shape index (κ3) is 4.98. The maximum Gasteiger partial charge on any atom is 0.169 e. The van der Waals surface area contributed by atoms with Gasteiger partial charge in [0.05, 0.1) is 10.6 Å². The number of hydrogen-bond acceptors (Lipinski definition) is 6. The number of aromatic nitrogens is 1. The Kier molecular flexibility index (Phi) is 6.53. The fraction of sp³-hybridized carbons (Fsp3) is 0.500. The molecule has 1 aliphatic heterocycles. The molecule has 140 valence electrons. The third-order valence-corrected chi connectivity index (χ3v) is 5.95. The number of carbonyl (C=O) groups is 1. The molecule has 3 rings (SSSR count). The summed E-state index contributed by atoms with van der Waals surface area (Å²) in [6.07, 6.45) is 0.769. The molecule has 0 aliphatic carbocycles. The van der Waals surface area contributed by atoms with Gasteiger partial charge in [-0.1, -0.05) is 6.07 Å². The van der Waals surface area contributed by atoms with Crippen molar-refractivity contribution < 1.29 is 9.90 Å². The molecular formula is C20H27N3O2S. The minimum Gasteiger partial charge on any atom is -0.396 e. The van der Waals surface area contributed by atoms with E-state index in [0.29, 0.717) is 6.04 Å². The summed E-state index contributed by atoms with van der Waals surface area (Å²) in [4.78, 5) is 21.8. The lowest BCUT2D eigenvalue weighted by atomic mass is 10.1. The number of carbonyl (C=O) groups excluding carboxylic acids is 1. The summed E-state index contributed by atoms with van der Waals surface area (Å²) >= 11 is 1.53. The Morgan fingerprint density at radius 1 is 1.35 bits per heavy atom. The third-order valence-electron chi connectivity index (χ3n) is 4.87. The van der Waals surface area contributed by atoms with Gasteiger partial charge in [-0.3, -0.25) is 19.6 Å². The summed E-state index contributed by atoms with van der Waals surface area (Å²) < 4.78 is 0. The second-order valence-corrected chi connectivity index (χ2v) is 7.93. The van der Waals surface area contributed by atoms with Gasteiger partial charge >= 0.3 is 0 Å². The Morgan fingerprint density at radius 3 is 2.88 bits per heavy atom. The normalized spacial score (nSPS) is 19.0. The molecule has 0 radical (unpaired) electrons. The second-order valence-electron chi connectivity index (χ2n) is 7.02. The predicted molar refractivity (Wildman–Crippen MR) is 104 cm³/mol. The summed E-state index contributed by atoms with van der Waals surface area (Å²) in [6.45, 7) is 8.40. The SMILES string of the molecule is CC(=O)c1cc(CN2CCN(Cc3cccc(C)n3)C(CCO)C2)cs1. The number of nitrogens with zero attached hydrogens (tertiary/aromatic N) is 3. The number of rotatable bonds is 7. The van der Waals surface area contributed by atoms with Crippen LogP contribution in [-0.4, -0.2) is 58.0 Å². The number of aliphatic hydroxyl groups excluding tert-OH is 1. The highest BCUT2D eigenvalue weighted by Crippen LogP contribution is 2.21. The lowest BCUT2D eigenvalue weighted by Crippen LogP contribution is -2.52. The molecule has 6 heteroatoms. The van der Waals surface area contributed by atoms with Gasteiger partial charge in [-0.25, -0.2) is 0 Å². The second kappa shape index (κ2) is 8.86. The number of aryl methyl sites for hydroxylation is 1. The first-order valence-electron chi connectivity index (χ1n) is 9.13. The molecule has 1 aliphatic rings. The van der Waals surface area contributed by atoms with E-state index in [4.69, 9.17) is 0 Å². The Balaban J connectivity index is 1.62. The number of piperazine rings is 1. The molecule has 0 saturated carbocycles. The molecule has 1 N–H and O–H groups in total. The van der Waals surface area contributed by atoms with Crippen LogP contribution in [0.15, 0.2) is 29.6 Å². The summed E-state index contributed by atoms with van der Waals surface area (Å²) in [6, 6.07) is 8.48. The molecule has 0 amide bonds. The van der Waals surface area contributed by atoms with Crippen LogP contribution >= 0.6 is 11.3 Å². The molecular weight excluding hydrogens is 346 g/mol. The van der Waals surface area contributed by atoms with Crippen LogP contribution in [0.2, 0.25) is 0 Å². The van der Waals surface area contributed by atoms with Crippen molar-refractivity contribution in [2.45, 2.75) is 39.4 Å². The van der Waals surface area contributed by atoms with E-state index in [1.807, 2.05) is 19.1 Å². The Bertz CT molecular complexity index is 746. The van der Waals surface area contributed by atoms with Crippen molar-refractivity contribution in [3.05, 3.63) is 51.5 Å². The van der Waals surface area contributed by atoms with E-state index in [-0.39, 0.29) is 12.4 Å². The van der Waals surface area contributed by atoms with Crippen LogP contribution in [0.4, 0.5) is 0 Å². The van der Waals surface area contributed by atoms with Crippen molar-refractivity contribution in [3.8, 4) is 0 Å². The van der Waals surface area contributed by atoms with Gasteiger partial charge < -0.3 is 5.11 Å². The maximum atomic E-state index is 11.5. The number of hydrogen-bond donors (Lipinski definition) is 1. The number of pyridine rings is 1. The average molecular weight is 374 g/mol. The molecule has 0 spiro atoms. The highest BCUT2D eigenvalue weighted by Gasteiger charge is 2.27. The van der Waals surface area contributed by atoms with Crippen LogP contribution in [0.25, 0.3) is 0 Å². The van der Waals surface area contributed by atoms with Crippen molar-refractivity contribution in [1.29, 1.82) is 0 Å². The van der Waals surface area contributed by atoms with Crippen LogP contribution in [-0.2, 0) is 13.1 Å². The average Bonchev–Trinajstić information content (AvgIpc) is 3.06. The first-order valence-corrected chi connectivity index (χ1v) is 10.0. The minimum atomic E-state index is 0.134. The molecule has 1 saturated heterocycles. The van der Waals surface area contributed by atoms with Crippen molar-refractivity contribution in [2.24, 2.45) is 0 Å². The zero-order chi connectivity index (χ0) is 18.5. The fourth-order valence-corrected chi connectivity index (χ4v) is 4.34. The van der Waals surface area contributed by atoms with E-state index in [0.717, 1.165) is 55.4 Å².